The van der Waals surface area contributed by atoms with Crippen LogP contribution in [-0.4, -0.2) is 6.61 Å². The Bertz CT molecular complexity index is 521. The molecule has 0 aliphatic rings. The third kappa shape index (κ3) is 4.35. The van der Waals surface area contributed by atoms with Crippen molar-refractivity contribution in [1.82, 2.24) is 0 Å². The first-order valence-electron chi connectivity index (χ1n) is 8.09. The summed E-state index contributed by atoms with van der Waals surface area (Å²) in [6.45, 7) is 7.44. The smallest absolute Gasteiger partial charge is 0.119 e. The summed E-state index contributed by atoms with van der Waals surface area (Å²) in [6, 6.07) is 17.2. The second kappa shape index (κ2) is 7.87. The Hall–Kier alpha value is -1.76. The van der Waals surface area contributed by atoms with E-state index in [0.29, 0.717) is 5.92 Å². The van der Waals surface area contributed by atoms with Crippen LogP contribution in [0, 0.1) is 5.92 Å². The first kappa shape index (κ1) is 15.6. The van der Waals surface area contributed by atoms with Gasteiger partial charge in [0.05, 0.1) is 6.61 Å². The molecule has 0 aromatic heterocycles. The van der Waals surface area contributed by atoms with Crippen LogP contribution in [0.25, 0.3) is 11.1 Å². The van der Waals surface area contributed by atoms with Gasteiger partial charge in [0.25, 0.3) is 0 Å². The summed E-state index contributed by atoms with van der Waals surface area (Å²) < 4.78 is 5.88. The lowest BCUT2D eigenvalue weighted by Crippen LogP contribution is -2.09. The van der Waals surface area contributed by atoms with Crippen molar-refractivity contribution in [2.45, 2.75) is 40.0 Å². The zero-order chi connectivity index (χ0) is 15.1. The highest BCUT2D eigenvalue weighted by molar-refractivity contribution is 5.64. The van der Waals surface area contributed by atoms with E-state index in [1.165, 1.54) is 29.5 Å². The molecular weight excluding hydrogens is 256 g/mol. The van der Waals surface area contributed by atoms with Crippen LogP contribution in [0.1, 0.15) is 39.2 Å². The molecule has 0 bridgehead atoms. The summed E-state index contributed by atoms with van der Waals surface area (Å²) in [5.74, 6) is 1.63. The molecule has 0 saturated heterocycles. The van der Waals surface area contributed by atoms with Crippen molar-refractivity contribution in [3.05, 3.63) is 54.1 Å². The fourth-order valence-corrected chi connectivity index (χ4v) is 2.41. The van der Waals surface area contributed by atoms with Gasteiger partial charge in [-0.2, -0.15) is 0 Å². The second-order valence-corrected chi connectivity index (χ2v) is 5.57. The fourth-order valence-electron chi connectivity index (χ4n) is 2.41. The molecule has 112 valence electrons. The third-order valence-corrected chi connectivity index (χ3v) is 4.19. The highest BCUT2D eigenvalue weighted by Crippen LogP contribution is 2.23. The summed E-state index contributed by atoms with van der Waals surface area (Å²) in [7, 11) is 0. The lowest BCUT2D eigenvalue weighted by molar-refractivity contribution is 0.240. The SMILES string of the molecule is CCc1ccc(-c2ccc(OCC(CC)CC)cc2)cc1. The Kier molecular flexibility index (Phi) is 5.86. The van der Waals surface area contributed by atoms with Crippen molar-refractivity contribution in [3.63, 3.8) is 0 Å². The molecule has 21 heavy (non-hydrogen) atoms. The van der Waals surface area contributed by atoms with Crippen LogP contribution in [0.15, 0.2) is 48.5 Å². The molecular formula is C20H26O. The Labute approximate surface area is 129 Å². The first-order chi connectivity index (χ1) is 10.3. The van der Waals surface area contributed by atoms with E-state index in [9.17, 15) is 0 Å². The second-order valence-electron chi connectivity index (χ2n) is 5.57. The Balaban J connectivity index is 2.00. The number of aryl methyl sites for hydroxylation is 1. The summed E-state index contributed by atoms with van der Waals surface area (Å²) in [5.41, 5.74) is 3.88. The van der Waals surface area contributed by atoms with Crippen molar-refractivity contribution in [2.24, 2.45) is 5.92 Å². The van der Waals surface area contributed by atoms with Crippen LogP contribution in [0.5, 0.6) is 5.75 Å². The molecule has 0 N–H and O–H groups in total. The van der Waals surface area contributed by atoms with Crippen LogP contribution >= 0.6 is 0 Å². The minimum Gasteiger partial charge on any atom is -0.493 e. The number of rotatable bonds is 7. The Morgan fingerprint density at radius 1 is 0.762 bits per heavy atom. The molecule has 1 heteroatoms. The molecule has 2 aromatic rings. The minimum absolute atomic E-state index is 0.659. The normalized spacial score (nSPS) is 10.9. The lowest BCUT2D eigenvalue weighted by atomic mass is 10.0. The number of hydrogen-bond acceptors (Lipinski definition) is 1. The summed E-state index contributed by atoms with van der Waals surface area (Å²) in [6.07, 6.45) is 3.44. The average Bonchev–Trinajstić information content (AvgIpc) is 2.56. The monoisotopic (exact) mass is 282 g/mol. The summed E-state index contributed by atoms with van der Waals surface area (Å²) >= 11 is 0. The van der Waals surface area contributed by atoms with Gasteiger partial charge in [-0.3, -0.25) is 0 Å². The molecule has 0 aliphatic heterocycles. The predicted molar refractivity (Wildman–Crippen MR) is 90.8 cm³/mol. The zero-order valence-corrected chi connectivity index (χ0v) is 13.4. The predicted octanol–water partition coefficient (Wildman–Crippen LogP) is 5.73. The quantitative estimate of drug-likeness (QED) is 0.630. The molecule has 1 nitrogen and oxygen atoms in total. The molecule has 0 saturated carbocycles. The van der Waals surface area contributed by atoms with E-state index < -0.39 is 0 Å². The topological polar surface area (TPSA) is 9.23 Å². The third-order valence-electron chi connectivity index (χ3n) is 4.19. The summed E-state index contributed by atoms with van der Waals surface area (Å²) in [4.78, 5) is 0. The molecule has 0 unspecified atom stereocenters. The van der Waals surface area contributed by atoms with E-state index in [0.717, 1.165) is 18.8 Å². The maximum Gasteiger partial charge on any atom is 0.119 e. The van der Waals surface area contributed by atoms with Gasteiger partial charge in [-0.05, 0) is 41.2 Å². The van der Waals surface area contributed by atoms with Gasteiger partial charge in [0, 0.05) is 0 Å². The standard InChI is InChI=1S/C20H26O/c1-4-16(5-2)15-21-20-13-11-19(12-14-20)18-9-7-17(6-3)8-10-18/h7-14,16H,4-6,15H2,1-3H3. The van der Waals surface area contributed by atoms with Gasteiger partial charge < -0.3 is 4.74 Å². The minimum atomic E-state index is 0.659. The Morgan fingerprint density at radius 3 is 1.76 bits per heavy atom. The van der Waals surface area contributed by atoms with E-state index in [1.807, 2.05) is 0 Å². The molecule has 0 radical (unpaired) electrons. The van der Waals surface area contributed by atoms with Gasteiger partial charge in [-0.1, -0.05) is 70.0 Å². The van der Waals surface area contributed by atoms with Crippen LogP contribution in [0.3, 0.4) is 0 Å². The van der Waals surface area contributed by atoms with Crippen LogP contribution in [0.2, 0.25) is 0 Å². The van der Waals surface area contributed by atoms with Crippen molar-refractivity contribution in [1.29, 1.82) is 0 Å². The fraction of sp³-hybridized carbons (Fsp3) is 0.400. The highest BCUT2D eigenvalue weighted by atomic mass is 16.5. The maximum absolute atomic E-state index is 5.88. The molecule has 0 atom stereocenters. The molecule has 0 aliphatic carbocycles. The van der Waals surface area contributed by atoms with E-state index >= 15 is 0 Å². The van der Waals surface area contributed by atoms with Crippen molar-refractivity contribution >= 4 is 0 Å². The van der Waals surface area contributed by atoms with Gasteiger partial charge >= 0.3 is 0 Å². The van der Waals surface area contributed by atoms with Crippen LogP contribution in [-0.2, 0) is 6.42 Å². The molecule has 2 aromatic carbocycles. The average molecular weight is 282 g/mol. The largest absolute Gasteiger partial charge is 0.493 e. The van der Waals surface area contributed by atoms with E-state index in [2.05, 4.69) is 69.3 Å². The first-order valence-corrected chi connectivity index (χ1v) is 8.09. The molecule has 2 rings (SSSR count). The zero-order valence-electron chi connectivity index (χ0n) is 13.4. The van der Waals surface area contributed by atoms with Gasteiger partial charge in [0.15, 0.2) is 0 Å². The number of benzene rings is 2. The van der Waals surface area contributed by atoms with E-state index in [4.69, 9.17) is 4.74 Å². The summed E-state index contributed by atoms with van der Waals surface area (Å²) in [5, 5.41) is 0. The highest BCUT2D eigenvalue weighted by Gasteiger charge is 2.04. The van der Waals surface area contributed by atoms with E-state index in [1.54, 1.807) is 0 Å². The van der Waals surface area contributed by atoms with E-state index in [-0.39, 0.29) is 0 Å². The lowest BCUT2D eigenvalue weighted by Gasteiger charge is -2.14. The van der Waals surface area contributed by atoms with Gasteiger partial charge in [0.1, 0.15) is 5.75 Å². The van der Waals surface area contributed by atoms with Crippen molar-refractivity contribution < 1.29 is 4.74 Å². The van der Waals surface area contributed by atoms with Gasteiger partial charge in [-0.15, -0.1) is 0 Å². The Morgan fingerprint density at radius 2 is 1.29 bits per heavy atom. The van der Waals surface area contributed by atoms with Crippen molar-refractivity contribution in [3.8, 4) is 16.9 Å². The molecule has 0 heterocycles. The molecule has 0 spiro atoms. The number of hydrogen-bond donors (Lipinski definition) is 0. The molecule has 0 amide bonds. The molecule has 0 fully saturated rings. The maximum atomic E-state index is 5.88. The van der Waals surface area contributed by atoms with Crippen LogP contribution < -0.4 is 4.74 Å². The number of ether oxygens (including phenoxy) is 1. The van der Waals surface area contributed by atoms with Crippen molar-refractivity contribution in [2.75, 3.05) is 6.61 Å². The van der Waals surface area contributed by atoms with Gasteiger partial charge in [0.2, 0.25) is 0 Å². The van der Waals surface area contributed by atoms with Gasteiger partial charge in [-0.25, -0.2) is 0 Å². The van der Waals surface area contributed by atoms with Crippen LogP contribution in [0.4, 0.5) is 0 Å².